The molecule has 1 saturated carbocycles. The number of hydrogen-bond acceptors (Lipinski definition) is 6. The molecule has 1 aliphatic carbocycles. The molecule has 2 aromatic rings. The maximum Gasteiger partial charge on any atom is 0.245 e. The molecule has 0 radical (unpaired) electrons. The second kappa shape index (κ2) is 12.4. The van der Waals surface area contributed by atoms with E-state index in [0.717, 1.165) is 31.2 Å². The summed E-state index contributed by atoms with van der Waals surface area (Å²) in [6.07, 6.45) is 8.66. The van der Waals surface area contributed by atoms with Gasteiger partial charge >= 0.3 is 0 Å². The molecule has 0 aliphatic heterocycles. The average molecular weight is 472 g/mol. The van der Waals surface area contributed by atoms with Gasteiger partial charge in [-0.05, 0) is 36.5 Å². The number of amides is 3. The van der Waals surface area contributed by atoms with E-state index in [0.29, 0.717) is 23.9 Å². The molecule has 2 heterocycles. The van der Waals surface area contributed by atoms with Crippen LogP contribution in [0.2, 0.25) is 0 Å². The zero-order valence-corrected chi connectivity index (χ0v) is 20.2. The molecule has 3 amide bonds. The number of aromatic nitrogens is 2. The van der Waals surface area contributed by atoms with E-state index in [2.05, 4.69) is 20.6 Å². The summed E-state index contributed by atoms with van der Waals surface area (Å²) in [7, 11) is 0. The fourth-order valence-electron chi connectivity index (χ4n) is 3.99. The van der Waals surface area contributed by atoms with E-state index in [1.54, 1.807) is 22.7 Å². The molecule has 2 N–H and O–H groups in total. The van der Waals surface area contributed by atoms with E-state index in [-0.39, 0.29) is 42.5 Å². The van der Waals surface area contributed by atoms with Gasteiger partial charge in [0, 0.05) is 36.8 Å². The summed E-state index contributed by atoms with van der Waals surface area (Å²) in [5.74, 6) is -0.00633. The molecule has 8 nitrogen and oxygen atoms in total. The van der Waals surface area contributed by atoms with Gasteiger partial charge in [-0.3, -0.25) is 19.4 Å². The highest BCUT2D eigenvalue weighted by Gasteiger charge is 2.27. The minimum atomic E-state index is -0.261. The van der Waals surface area contributed by atoms with Crippen LogP contribution in [0.15, 0.2) is 29.9 Å². The van der Waals surface area contributed by atoms with Crippen molar-refractivity contribution in [2.24, 2.45) is 11.8 Å². The fraction of sp³-hybridized carbons (Fsp3) is 0.542. The highest BCUT2D eigenvalue weighted by atomic mass is 32.1. The molecule has 0 atom stereocenters. The topological polar surface area (TPSA) is 104 Å². The molecule has 33 heavy (non-hydrogen) atoms. The van der Waals surface area contributed by atoms with E-state index in [1.807, 2.05) is 26.0 Å². The molecule has 0 saturated heterocycles. The van der Waals surface area contributed by atoms with Crippen molar-refractivity contribution in [1.82, 2.24) is 20.2 Å². The van der Waals surface area contributed by atoms with Gasteiger partial charge in [-0.2, -0.15) is 0 Å². The smallest absolute Gasteiger partial charge is 0.245 e. The number of hydrogen-bond donors (Lipinski definition) is 2. The van der Waals surface area contributed by atoms with Gasteiger partial charge in [-0.25, -0.2) is 4.98 Å². The van der Waals surface area contributed by atoms with E-state index >= 15 is 0 Å². The van der Waals surface area contributed by atoms with E-state index in [1.165, 1.54) is 17.8 Å². The molecular weight excluding hydrogens is 438 g/mol. The molecule has 2 aromatic heterocycles. The lowest BCUT2D eigenvalue weighted by molar-refractivity contribution is -0.139. The lowest BCUT2D eigenvalue weighted by Crippen LogP contribution is -2.43. The van der Waals surface area contributed by atoms with E-state index in [9.17, 15) is 14.4 Å². The van der Waals surface area contributed by atoms with Crippen molar-refractivity contribution in [3.8, 4) is 0 Å². The number of carbonyl (C=O) groups excluding carboxylic acids is 3. The standard InChI is InChI=1S/C24H33N5O3S/c1-17(2)14-29(23(32)19-6-4-3-5-7-19)15-22(31)28-24-27-20(16-33-24)12-21(30)26-13-18-8-10-25-11-9-18/h8-11,16-17,19H,3-7,12-15H2,1-2H3,(H,26,30)(H,27,28,31). The third kappa shape index (κ3) is 8.24. The van der Waals surface area contributed by atoms with Crippen LogP contribution in [0.4, 0.5) is 5.13 Å². The lowest BCUT2D eigenvalue weighted by atomic mass is 9.88. The van der Waals surface area contributed by atoms with Crippen molar-refractivity contribution >= 4 is 34.2 Å². The molecule has 0 aromatic carbocycles. The summed E-state index contributed by atoms with van der Waals surface area (Å²) in [5.41, 5.74) is 1.57. The van der Waals surface area contributed by atoms with Gasteiger partial charge in [0.05, 0.1) is 18.7 Å². The summed E-state index contributed by atoms with van der Waals surface area (Å²) in [4.78, 5) is 47.9. The predicted octanol–water partition coefficient (Wildman–Crippen LogP) is 3.40. The third-order valence-corrected chi connectivity index (χ3v) is 6.37. The number of rotatable bonds is 10. The largest absolute Gasteiger partial charge is 0.352 e. The lowest BCUT2D eigenvalue weighted by Gasteiger charge is -2.30. The summed E-state index contributed by atoms with van der Waals surface area (Å²) in [6, 6.07) is 3.69. The van der Waals surface area contributed by atoms with Crippen molar-refractivity contribution in [2.75, 3.05) is 18.4 Å². The van der Waals surface area contributed by atoms with Gasteiger partial charge in [0.2, 0.25) is 17.7 Å². The first-order chi connectivity index (χ1) is 15.9. The molecule has 1 fully saturated rings. The monoisotopic (exact) mass is 471 g/mol. The Kier molecular flexibility index (Phi) is 9.35. The maximum absolute atomic E-state index is 13.0. The van der Waals surface area contributed by atoms with Crippen molar-refractivity contribution in [3.63, 3.8) is 0 Å². The Labute approximate surface area is 199 Å². The highest BCUT2D eigenvalue weighted by molar-refractivity contribution is 7.13. The quantitative estimate of drug-likeness (QED) is 0.553. The van der Waals surface area contributed by atoms with Crippen LogP contribution in [-0.4, -0.2) is 45.7 Å². The van der Waals surface area contributed by atoms with Crippen LogP contribution in [0, 0.1) is 11.8 Å². The van der Waals surface area contributed by atoms with Crippen LogP contribution in [0.5, 0.6) is 0 Å². The van der Waals surface area contributed by atoms with Crippen LogP contribution in [-0.2, 0) is 27.3 Å². The van der Waals surface area contributed by atoms with Crippen molar-refractivity contribution < 1.29 is 14.4 Å². The Morgan fingerprint density at radius 2 is 1.85 bits per heavy atom. The summed E-state index contributed by atoms with van der Waals surface area (Å²) in [6.45, 7) is 5.10. The number of nitrogens with one attached hydrogen (secondary N) is 2. The van der Waals surface area contributed by atoms with Crippen LogP contribution < -0.4 is 10.6 Å². The minimum Gasteiger partial charge on any atom is -0.352 e. The molecule has 3 rings (SSSR count). The van der Waals surface area contributed by atoms with Crippen LogP contribution in [0.3, 0.4) is 0 Å². The van der Waals surface area contributed by atoms with E-state index in [4.69, 9.17) is 0 Å². The second-order valence-electron chi connectivity index (χ2n) is 8.95. The fourth-order valence-corrected chi connectivity index (χ4v) is 4.71. The first-order valence-corrected chi connectivity index (χ1v) is 12.5. The summed E-state index contributed by atoms with van der Waals surface area (Å²) < 4.78 is 0. The normalized spacial score (nSPS) is 14.2. The Hall–Kier alpha value is -2.81. The van der Waals surface area contributed by atoms with Gasteiger partial charge < -0.3 is 15.5 Å². The van der Waals surface area contributed by atoms with E-state index < -0.39 is 0 Å². The van der Waals surface area contributed by atoms with Gasteiger partial charge in [0.15, 0.2) is 5.13 Å². The molecule has 0 unspecified atom stereocenters. The van der Waals surface area contributed by atoms with Crippen LogP contribution in [0.1, 0.15) is 57.2 Å². The highest BCUT2D eigenvalue weighted by Crippen LogP contribution is 2.26. The summed E-state index contributed by atoms with van der Waals surface area (Å²) in [5, 5.41) is 7.84. The first-order valence-electron chi connectivity index (χ1n) is 11.6. The van der Waals surface area contributed by atoms with Gasteiger partial charge in [0.25, 0.3) is 0 Å². The maximum atomic E-state index is 13.0. The molecule has 9 heteroatoms. The Morgan fingerprint density at radius 1 is 1.12 bits per heavy atom. The first kappa shape index (κ1) is 24.8. The number of anilines is 1. The minimum absolute atomic E-state index is 0.0227. The number of nitrogens with zero attached hydrogens (tertiary/aromatic N) is 3. The van der Waals surface area contributed by atoms with Crippen LogP contribution in [0.25, 0.3) is 0 Å². The number of thiazole rings is 1. The molecule has 0 spiro atoms. The SMILES string of the molecule is CC(C)CN(CC(=O)Nc1nc(CC(=O)NCc2ccncc2)cs1)C(=O)C1CCCCC1. The van der Waals surface area contributed by atoms with Gasteiger partial charge in [-0.1, -0.05) is 33.1 Å². The van der Waals surface area contributed by atoms with Crippen molar-refractivity contribution in [3.05, 3.63) is 41.2 Å². The van der Waals surface area contributed by atoms with Gasteiger partial charge in [0.1, 0.15) is 0 Å². The molecule has 1 aliphatic rings. The predicted molar refractivity (Wildman–Crippen MR) is 129 cm³/mol. The molecule has 0 bridgehead atoms. The van der Waals surface area contributed by atoms with Crippen molar-refractivity contribution in [1.29, 1.82) is 0 Å². The van der Waals surface area contributed by atoms with Gasteiger partial charge in [-0.15, -0.1) is 11.3 Å². The van der Waals surface area contributed by atoms with Crippen molar-refractivity contribution in [2.45, 2.75) is 58.9 Å². The third-order valence-electron chi connectivity index (χ3n) is 5.56. The Bertz CT molecular complexity index is 925. The zero-order valence-electron chi connectivity index (χ0n) is 19.4. The molecule has 178 valence electrons. The number of pyridine rings is 1. The van der Waals surface area contributed by atoms with Crippen LogP contribution >= 0.6 is 11.3 Å². The average Bonchev–Trinajstić information content (AvgIpc) is 3.24. The Morgan fingerprint density at radius 3 is 2.55 bits per heavy atom. The molecular formula is C24H33N5O3S. The summed E-state index contributed by atoms with van der Waals surface area (Å²) >= 11 is 1.28. The zero-order chi connectivity index (χ0) is 23.6. The second-order valence-corrected chi connectivity index (χ2v) is 9.81. The Balaban J connectivity index is 1.49. The number of carbonyl (C=O) groups is 3.